The molecule has 0 saturated carbocycles. The number of ketones is 1. The average molecular weight is 1170 g/mol. The molecule has 3 aliphatic heterocycles. The fourth-order valence-electron chi connectivity index (χ4n) is 11.7. The van der Waals surface area contributed by atoms with E-state index in [1.807, 2.05) is 86.6 Å². The molecule has 3 aromatic heterocycles. The number of hydrogen-bond donors (Lipinski definition) is 2. The number of carbonyl (C=O) groups excluding carboxylic acids is 3. The van der Waals surface area contributed by atoms with Crippen LogP contribution < -0.4 is 14.4 Å². The van der Waals surface area contributed by atoms with Gasteiger partial charge in [-0.25, -0.2) is 9.37 Å². The third-order valence-electron chi connectivity index (χ3n) is 16.1. The summed E-state index contributed by atoms with van der Waals surface area (Å²) >= 11 is 8.54. The number of carbonyl (C=O) groups is 3. The van der Waals surface area contributed by atoms with E-state index in [4.69, 9.17) is 35.3 Å². The number of piperidine rings is 1. The van der Waals surface area contributed by atoms with Gasteiger partial charge in [0.25, 0.3) is 5.88 Å². The molecule has 5 atom stereocenters. The molecule has 2 N–H and O–H groups in total. The first kappa shape index (κ1) is 58.6. The number of amides is 2. The second-order valence-corrected chi connectivity index (χ2v) is 23.2. The number of piperazine rings is 1. The fourth-order valence-corrected chi connectivity index (χ4v) is 12.8. The van der Waals surface area contributed by atoms with Crippen molar-refractivity contribution in [3.63, 3.8) is 0 Å². The number of benzene rings is 4. The van der Waals surface area contributed by atoms with E-state index in [9.17, 15) is 29.9 Å². The first-order chi connectivity index (χ1) is 40.1. The normalized spacial score (nSPS) is 18.6. The summed E-state index contributed by atoms with van der Waals surface area (Å²) < 4.78 is 41.3. The molecule has 0 aliphatic carbocycles. The van der Waals surface area contributed by atoms with Gasteiger partial charge in [0.1, 0.15) is 36.2 Å². The molecule has 83 heavy (non-hydrogen) atoms. The number of rotatable bonds is 21. The van der Waals surface area contributed by atoms with Gasteiger partial charge < -0.3 is 43.6 Å². The quantitative estimate of drug-likeness (QED) is 0.0505. The minimum Gasteiger partial charge on any atom is -0.508 e. The number of thiazole rings is 1. The summed E-state index contributed by atoms with van der Waals surface area (Å²) in [5.41, 5.74) is 5.31. The van der Waals surface area contributed by atoms with Crippen LogP contribution in [0.15, 0.2) is 95.5 Å². The topological polar surface area (TPSA) is 221 Å². The second-order valence-electron chi connectivity index (χ2n) is 21.9. The van der Waals surface area contributed by atoms with E-state index in [-0.39, 0.29) is 128 Å². The first-order valence-corrected chi connectivity index (χ1v) is 29.4. The second kappa shape index (κ2) is 25.9. The number of anilines is 1. The van der Waals surface area contributed by atoms with Gasteiger partial charge in [0.15, 0.2) is 17.4 Å². The molecule has 4 aromatic carbocycles. The molecule has 3 fully saturated rings. The number of aliphatic hydroxyl groups is 1. The Balaban J connectivity index is 0.726. The fraction of sp³-hybridized carbons (Fsp3) is 0.419. The van der Waals surface area contributed by atoms with E-state index in [2.05, 4.69) is 32.7 Å². The van der Waals surface area contributed by atoms with Crippen LogP contribution >= 0.6 is 22.9 Å². The van der Waals surface area contributed by atoms with Crippen LogP contribution in [0.25, 0.3) is 43.2 Å². The van der Waals surface area contributed by atoms with Crippen LogP contribution in [0.2, 0.25) is 5.02 Å². The van der Waals surface area contributed by atoms with Crippen LogP contribution in [0.4, 0.5) is 10.2 Å². The maximum atomic E-state index is 17.2. The Morgan fingerprint density at radius 1 is 0.964 bits per heavy atom. The average Bonchev–Trinajstić information content (AvgIpc) is 4.00. The largest absolute Gasteiger partial charge is 0.508 e. The Hall–Kier alpha value is -7.54. The predicted octanol–water partition coefficient (Wildman–Crippen LogP) is 9.89. The highest BCUT2D eigenvalue weighted by atomic mass is 35.5. The standard InChI is InChI=1S/C62H67ClFN9O9S/c1-6-54(77)72-22-21-71(33-42(72)15-18-65)60-48-31-49(63)56(47-29-43(74)28-41-9-7-8-10-46(41)47)57(64)58(48)67-62(68-60)81-24-23-70-19-16-45(17-20-70)79-25-26-80-53-32-52(82-69-53)55(36(2)3)61(78)73-34-44(75)30-50(73)51(76)27-37(4)39-11-13-40(14-12-39)59-38(5)66-35-83-59/h6-14,28-29,31-32,35-37,42,44-45,50,55,74-75H,1,15-17,19-27,30,33-34H2,2-5H3/t37-,42+,44+,50+,55+/m1/s1. The molecular weight excluding hydrogens is 1100 g/mol. The van der Waals surface area contributed by atoms with Crippen molar-refractivity contribution in [3.05, 3.63) is 119 Å². The number of nitrogens with zero attached hydrogens (tertiary/aromatic N) is 9. The van der Waals surface area contributed by atoms with Crippen LogP contribution in [-0.2, 0) is 19.1 Å². The van der Waals surface area contributed by atoms with Crippen molar-refractivity contribution < 1.29 is 47.7 Å². The highest BCUT2D eigenvalue weighted by molar-refractivity contribution is 7.13. The zero-order valence-electron chi connectivity index (χ0n) is 46.9. The van der Waals surface area contributed by atoms with Gasteiger partial charge in [-0.2, -0.15) is 15.2 Å². The van der Waals surface area contributed by atoms with E-state index in [0.29, 0.717) is 46.4 Å². The Labute approximate surface area is 490 Å². The number of aromatic nitrogens is 4. The number of fused-ring (bicyclic) bond motifs is 2. The van der Waals surface area contributed by atoms with Crippen molar-refractivity contribution in [3.8, 4) is 45.3 Å². The van der Waals surface area contributed by atoms with Crippen LogP contribution in [0.1, 0.15) is 81.7 Å². The smallest absolute Gasteiger partial charge is 0.319 e. The first-order valence-electron chi connectivity index (χ1n) is 28.1. The highest BCUT2D eigenvalue weighted by Gasteiger charge is 2.43. The third kappa shape index (κ3) is 13.0. The molecular formula is C62H67ClFN9O9S. The number of halogens is 2. The molecule has 0 spiro atoms. The summed E-state index contributed by atoms with van der Waals surface area (Å²) in [5.74, 6) is -1.67. The maximum Gasteiger partial charge on any atom is 0.319 e. The van der Waals surface area contributed by atoms with Crippen molar-refractivity contribution in [1.29, 1.82) is 5.26 Å². The lowest BCUT2D eigenvalue weighted by molar-refractivity contribution is -0.140. The van der Waals surface area contributed by atoms with Gasteiger partial charge in [-0.3, -0.25) is 19.3 Å². The number of phenolic OH excluding ortho intramolecular Hbond substituents is 1. The molecule has 21 heteroatoms. The lowest BCUT2D eigenvalue weighted by atomic mass is 9.89. The number of aliphatic hydroxyl groups excluding tert-OH is 1. The number of hydrogen-bond acceptors (Lipinski definition) is 17. The number of aryl methyl sites for hydroxylation is 1. The number of β-amino-alcohol motifs (C(OH)–C–C–N with tert-alkyl or cyclic N) is 1. The van der Waals surface area contributed by atoms with Crippen molar-refractivity contribution in [2.24, 2.45) is 5.92 Å². The Bertz CT molecular complexity index is 3550. The molecule has 2 amide bonds. The minimum atomic E-state index is -0.827. The summed E-state index contributed by atoms with van der Waals surface area (Å²) in [5, 5.41) is 37.1. The third-order valence-corrected chi connectivity index (χ3v) is 17.3. The molecule has 0 bridgehead atoms. The zero-order valence-corrected chi connectivity index (χ0v) is 48.5. The SMILES string of the molecule is C=CC(=O)N1CCN(c2nc(OCCN3CCC(OCCOc4cc([C@@H](C(=O)N5C[C@@H](O)C[C@H]5C(=O)C[C@@H](C)c5ccc(-c6scnc6C)cc5)C(C)C)on4)CC3)nc3c(F)c(-c4cc(O)cc5ccccc45)c(Cl)cc23)C[C@@H]1CC#N. The predicted molar refractivity (Wildman–Crippen MR) is 314 cm³/mol. The summed E-state index contributed by atoms with van der Waals surface area (Å²) in [7, 11) is 0. The van der Waals surface area contributed by atoms with Gasteiger partial charge in [0, 0.05) is 75.7 Å². The van der Waals surface area contributed by atoms with Crippen LogP contribution in [0.3, 0.4) is 0 Å². The van der Waals surface area contributed by atoms with Crippen molar-refractivity contribution in [1.82, 2.24) is 34.8 Å². The zero-order chi connectivity index (χ0) is 58.5. The number of aromatic hydroxyl groups is 1. The number of ether oxygens (including phenoxy) is 3. The van der Waals surface area contributed by atoms with Gasteiger partial charge in [-0.05, 0) is 88.5 Å². The van der Waals surface area contributed by atoms with Crippen molar-refractivity contribution in [2.45, 2.75) is 95.9 Å². The summed E-state index contributed by atoms with van der Waals surface area (Å²) in [4.78, 5) is 63.1. The lowest BCUT2D eigenvalue weighted by Gasteiger charge is -2.41. The van der Waals surface area contributed by atoms with Crippen molar-refractivity contribution in [2.75, 3.05) is 70.5 Å². The van der Waals surface area contributed by atoms with E-state index in [0.717, 1.165) is 47.6 Å². The number of nitriles is 1. The van der Waals surface area contributed by atoms with Gasteiger partial charge in [-0.1, -0.05) is 87.5 Å². The molecule has 18 nitrogen and oxygen atoms in total. The highest BCUT2D eigenvalue weighted by Crippen LogP contribution is 2.43. The van der Waals surface area contributed by atoms with E-state index < -0.39 is 29.9 Å². The monoisotopic (exact) mass is 1170 g/mol. The Morgan fingerprint density at radius 2 is 1.75 bits per heavy atom. The number of Topliss-reactive ketones (excluding diaryl/α,β-unsaturated/α-hetero) is 1. The molecule has 10 rings (SSSR count). The molecule has 434 valence electrons. The summed E-state index contributed by atoms with van der Waals surface area (Å²) in [6.45, 7) is 14.9. The Kier molecular flexibility index (Phi) is 18.3. The van der Waals surface area contributed by atoms with Gasteiger partial charge in [-0.15, -0.1) is 11.3 Å². The van der Waals surface area contributed by atoms with Crippen molar-refractivity contribution >= 4 is 68.0 Å². The summed E-state index contributed by atoms with van der Waals surface area (Å²) in [6, 6.07) is 22.6. The van der Waals surface area contributed by atoms with E-state index in [1.165, 1.54) is 17.0 Å². The Morgan fingerprint density at radius 3 is 2.48 bits per heavy atom. The molecule has 6 heterocycles. The number of likely N-dealkylation sites (tertiary alicyclic amines) is 2. The van der Waals surface area contributed by atoms with Gasteiger partial charge in [0.2, 0.25) is 11.8 Å². The summed E-state index contributed by atoms with van der Waals surface area (Å²) in [6.07, 6.45) is 2.33. The molecule has 3 saturated heterocycles. The van der Waals surface area contributed by atoms with Crippen LogP contribution in [-0.4, -0.2) is 153 Å². The van der Waals surface area contributed by atoms with Crippen LogP contribution in [0, 0.1) is 30.0 Å². The van der Waals surface area contributed by atoms with E-state index in [1.54, 1.807) is 34.4 Å². The molecule has 0 unspecified atom stereocenters. The molecule has 7 aromatic rings. The molecule has 0 radical (unpaired) electrons. The van der Waals surface area contributed by atoms with Crippen LogP contribution in [0.5, 0.6) is 17.6 Å². The van der Waals surface area contributed by atoms with E-state index >= 15 is 4.39 Å². The van der Waals surface area contributed by atoms with Gasteiger partial charge in [0.05, 0.1) is 64.5 Å². The van der Waals surface area contributed by atoms with Gasteiger partial charge >= 0.3 is 6.01 Å². The minimum absolute atomic E-state index is 0.0220. The molecule has 3 aliphatic rings. The lowest BCUT2D eigenvalue weighted by Crippen LogP contribution is -2.55. The maximum absolute atomic E-state index is 17.2. The number of phenols is 1.